The summed E-state index contributed by atoms with van der Waals surface area (Å²) in [5, 5.41) is 0. The number of hydrogen-bond donors (Lipinski definition) is 1. The third-order valence-corrected chi connectivity index (χ3v) is 3.17. The third kappa shape index (κ3) is 3.00. The Morgan fingerprint density at radius 1 is 1.36 bits per heavy atom. The molecule has 0 atom stereocenters. The molecule has 68 valence electrons. The van der Waals surface area contributed by atoms with Gasteiger partial charge in [-0.3, -0.25) is 0 Å². The largest absolute Gasteiger partial charge is 1.00 e. The normalized spacial score (nSPS) is 37.9. The van der Waals surface area contributed by atoms with Gasteiger partial charge in [0, 0.05) is 0 Å². The van der Waals surface area contributed by atoms with E-state index in [4.69, 9.17) is 0 Å². The fourth-order valence-corrected chi connectivity index (χ4v) is 1.73. The van der Waals surface area contributed by atoms with Gasteiger partial charge in [-0.15, -0.1) is 0 Å². The third-order valence-electron chi connectivity index (χ3n) is 3.17. The first-order chi connectivity index (χ1) is 4.66. The van der Waals surface area contributed by atoms with Crippen LogP contribution in [0, 0.1) is 5.41 Å². The monoisotopic (exact) mass is 177 g/mol. The van der Waals surface area contributed by atoms with E-state index in [9.17, 15) is 0 Å². The Kier molecular flexibility index (Phi) is 4.42. The molecule has 1 fully saturated rings. The van der Waals surface area contributed by atoms with Crippen LogP contribution >= 0.6 is 0 Å². The van der Waals surface area contributed by atoms with Crippen molar-refractivity contribution in [2.45, 2.75) is 52.0 Å². The molecule has 3 N–H and O–H groups in total. The van der Waals surface area contributed by atoms with Crippen LogP contribution in [0.4, 0.5) is 0 Å². The summed E-state index contributed by atoms with van der Waals surface area (Å²) in [5.74, 6) is 0. The van der Waals surface area contributed by atoms with E-state index in [0.29, 0.717) is 5.41 Å². The van der Waals surface area contributed by atoms with Gasteiger partial charge in [0.1, 0.15) is 0 Å². The zero-order chi connectivity index (χ0) is 7.61. The summed E-state index contributed by atoms with van der Waals surface area (Å²) in [6.45, 7) is 4.72. The van der Waals surface area contributed by atoms with Gasteiger partial charge in [-0.05, 0) is 31.1 Å². The molecule has 0 aromatic rings. The van der Waals surface area contributed by atoms with Gasteiger partial charge in [-0.2, -0.15) is 0 Å². The van der Waals surface area contributed by atoms with E-state index >= 15 is 0 Å². The van der Waals surface area contributed by atoms with Gasteiger partial charge in [0.15, 0.2) is 0 Å². The predicted octanol–water partition coefficient (Wildman–Crippen LogP) is -1.41. The van der Waals surface area contributed by atoms with E-state index in [1.807, 2.05) is 0 Å². The van der Waals surface area contributed by atoms with Crippen molar-refractivity contribution in [2.24, 2.45) is 5.41 Å². The van der Waals surface area contributed by atoms with Gasteiger partial charge < -0.3 is 18.1 Å². The molecular formula is C9H20ClN. The SMILES string of the molecule is CCC1(C)CCC([NH3+])CC1.[Cl-]. The molecule has 0 unspecified atom stereocenters. The van der Waals surface area contributed by atoms with Crippen LogP contribution in [0.1, 0.15) is 46.0 Å². The zero-order valence-electron chi connectivity index (χ0n) is 7.70. The van der Waals surface area contributed by atoms with Crippen LogP contribution in [0.25, 0.3) is 0 Å². The fourth-order valence-electron chi connectivity index (χ4n) is 1.73. The Morgan fingerprint density at radius 3 is 2.18 bits per heavy atom. The highest BCUT2D eigenvalue weighted by molar-refractivity contribution is 4.79. The molecule has 0 aliphatic heterocycles. The van der Waals surface area contributed by atoms with Crippen molar-refractivity contribution in [1.82, 2.24) is 0 Å². The van der Waals surface area contributed by atoms with E-state index < -0.39 is 0 Å². The van der Waals surface area contributed by atoms with Crippen molar-refractivity contribution in [3.8, 4) is 0 Å². The first-order valence-electron chi connectivity index (χ1n) is 4.49. The van der Waals surface area contributed by atoms with Crippen LogP contribution in [0.15, 0.2) is 0 Å². The lowest BCUT2D eigenvalue weighted by molar-refractivity contribution is -0.428. The van der Waals surface area contributed by atoms with E-state index in [-0.39, 0.29) is 12.4 Å². The molecule has 0 radical (unpaired) electrons. The lowest BCUT2D eigenvalue weighted by Crippen LogP contribution is -3.00. The second kappa shape index (κ2) is 4.32. The van der Waals surface area contributed by atoms with E-state index in [2.05, 4.69) is 19.6 Å². The predicted molar refractivity (Wildman–Crippen MR) is 43.5 cm³/mol. The topological polar surface area (TPSA) is 27.6 Å². The molecule has 0 heterocycles. The first-order valence-corrected chi connectivity index (χ1v) is 4.49. The van der Waals surface area contributed by atoms with Crippen LogP contribution in [0.3, 0.4) is 0 Å². The van der Waals surface area contributed by atoms with Crippen LogP contribution in [0.2, 0.25) is 0 Å². The van der Waals surface area contributed by atoms with Crippen LogP contribution in [-0.2, 0) is 0 Å². The molecular weight excluding hydrogens is 158 g/mol. The number of quaternary nitrogens is 1. The minimum absolute atomic E-state index is 0. The first kappa shape index (κ1) is 11.2. The Labute approximate surface area is 76.1 Å². The quantitative estimate of drug-likeness (QED) is 0.510. The van der Waals surface area contributed by atoms with Crippen molar-refractivity contribution < 1.29 is 18.1 Å². The van der Waals surface area contributed by atoms with E-state index in [1.165, 1.54) is 32.1 Å². The molecule has 1 aliphatic carbocycles. The fraction of sp³-hybridized carbons (Fsp3) is 1.00. The number of hydrogen-bond acceptors (Lipinski definition) is 0. The highest BCUT2D eigenvalue weighted by Gasteiger charge is 2.28. The standard InChI is InChI=1S/C9H19N.ClH/c1-3-9(2)6-4-8(10)5-7-9;/h8H,3-7,10H2,1-2H3;1H. The molecule has 1 saturated carbocycles. The molecule has 1 nitrogen and oxygen atoms in total. The lowest BCUT2D eigenvalue weighted by Gasteiger charge is -2.33. The molecule has 1 rings (SSSR count). The van der Waals surface area contributed by atoms with Crippen molar-refractivity contribution in [3.05, 3.63) is 0 Å². The Bertz CT molecular complexity index is 106. The molecule has 0 aromatic heterocycles. The second-order valence-electron chi connectivity index (χ2n) is 4.11. The summed E-state index contributed by atoms with van der Waals surface area (Å²) >= 11 is 0. The number of rotatable bonds is 1. The average Bonchev–Trinajstić information content (AvgIpc) is 1.96. The van der Waals surface area contributed by atoms with E-state index in [0.717, 1.165) is 6.04 Å². The summed E-state index contributed by atoms with van der Waals surface area (Å²) in [5.41, 5.74) is 4.76. The van der Waals surface area contributed by atoms with Gasteiger partial charge in [0.05, 0.1) is 6.04 Å². The maximum absolute atomic E-state index is 4.10. The summed E-state index contributed by atoms with van der Waals surface area (Å²) in [7, 11) is 0. The molecule has 0 spiro atoms. The highest BCUT2D eigenvalue weighted by Crippen LogP contribution is 2.37. The lowest BCUT2D eigenvalue weighted by atomic mass is 9.72. The molecule has 0 bridgehead atoms. The van der Waals surface area contributed by atoms with Gasteiger partial charge in [-0.1, -0.05) is 20.3 Å². The van der Waals surface area contributed by atoms with Crippen molar-refractivity contribution >= 4 is 0 Å². The maximum Gasteiger partial charge on any atom is 0.0844 e. The van der Waals surface area contributed by atoms with Gasteiger partial charge >= 0.3 is 0 Å². The van der Waals surface area contributed by atoms with Crippen LogP contribution in [-0.4, -0.2) is 6.04 Å². The molecule has 2 heteroatoms. The van der Waals surface area contributed by atoms with Crippen molar-refractivity contribution in [3.63, 3.8) is 0 Å². The van der Waals surface area contributed by atoms with Crippen molar-refractivity contribution in [2.75, 3.05) is 0 Å². The maximum atomic E-state index is 4.10. The molecule has 0 amide bonds. The second-order valence-corrected chi connectivity index (χ2v) is 4.11. The summed E-state index contributed by atoms with van der Waals surface area (Å²) < 4.78 is 0. The molecule has 0 aromatic carbocycles. The van der Waals surface area contributed by atoms with Crippen LogP contribution in [0.5, 0.6) is 0 Å². The van der Waals surface area contributed by atoms with E-state index in [1.54, 1.807) is 0 Å². The minimum atomic E-state index is 0. The minimum Gasteiger partial charge on any atom is -1.00 e. The van der Waals surface area contributed by atoms with Gasteiger partial charge in [0.2, 0.25) is 0 Å². The molecule has 0 saturated heterocycles. The zero-order valence-corrected chi connectivity index (χ0v) is 8.45. The summed E-state index contributed by atoms with van der Waals surface area (Å²) in [4.78, 5) is 0. The summed E-state index contributed by atoms with van der Waals surface area (Å²) in [6, 6.07) is 0.750. The summed E-state index contributed by atoms with van der Waals surface area (Å²) in [6.07, 6.45) is 6.85. The Balaban J connectivity index is 0.000001000. The van der Waals surface area contributed by atoms with Crippen molar-refractivity contribution in [1.29, 1.82) is 0 Å². The smallest absolute Gasteiger partial charge is 0.0844 e. The Morgan fingerprint density at radius 2 is 1.82 bits per heavy atom. The molecule has 11 heavy (non-hydrogen) atoms. The highest BCUT2D eigenvalue weighted by atomic mass is 35.5. The average molecular weight is 178 g/mol. The van der Waals surface area contributed by atoms with Crippen LogP contribution < -0.4 is 18.1 Å². The molecule has 1 aliphatic rings. The Hall–Kier alpha value is 0.250. The van der Waals surface area contributed by atoms with Gasteiger partial charge in [-0.25, -0.2) is 0 Å². The van der Waals surface area contributed by atoms with Gasteiger partial charge in [0.25, 0.3) is 0 Å². The number of halogens is 1.